The number of likely N-dealkylation sites (N-methyl/N-ethyl adjacent to an activating group) is 1. The van der Waals surface area contributed by atoms with Gasteiger partial charge in [-0.15, -0.1) is 0 Å². The Balaban J connectivity index is 1.56. The minimum absolute atomic E-state index is 0.199. The summed E-state index contributed by atoms with van der Waals surface area (Å²) in [6.07, 6.45) is 9.01. The standard InChI is InChI=1S/C23H44N2O2/c1-16(2)26-18(5)20-14-19-15-21(19)25(20)13-8-10-22(27-17(3)4)23(6)11-9-12-24(23)7/h16-22H,8-15H2,1-7H3/t18-,19+,20-,21-,22-,23+/m0/s1. The van der Waals surface area contributed by atoms with Crippen molar-refractivity contribution in [1.82, 2.24) is 9.80 Å². The molecule has 158 valence electrons. The third-order valence-electron chi connectivity index (χ3n) is 7.37. The average Bonchev–Trinajstić information content (AvgIpc) is 3.13. The van der Waals surface area contributed by atoms with E-state index in [0.717, 1.165) is 12.0 Å². The Labute approximate surface area is 167 Å². The zero-order valence-electron chi connectivity index (χ0n) is 18.9. The van der Waals surface area contributed by atoms with Crippen LogP contribution in [0.1, 0.15) is 80.1 Å². The first-order valence-electron chi connectivity index (χ1n) is 11.5. The van der Waals surface area contributed by atoms with Gasteiger partial charge in [0.05, 0.1) is 24.4 Å². The summed E-state index contributed by atoms with van der Waals surface area (Å²) in [6.45, 7) is 15.8. The Morgan fingerprint density at radius 3 is 2.33 bits per heavy atom. The van der Waals surface area contributed by atoms with Crippen LogP contribution in [0.15, 0.2) is 0 Å². The fourth-order valence-electron chi connectivity index (χ4n) is 5.74. The number of likely N-dealkylation sites (tertiary alicyclic amines) is 2. The van der Waals surface area contributed by atoms with Gasteiger partial charge in [0.25, 0.3) is 0 Å². The van der Waals surface area contributed by atoms with Crippen LogP contribution in [0, 0.1) is 5.92 Å². The van der Waals surface area contributed by atoms with Gasteiger partial charge in [-0.25, -0.2) is 0 Å². The van der Waals surface area contributed by atoms with E-state index in [1.165, 1.54) is 51.6 Å². The van der Waals surface area contributed by atoms with Crippen molar-refractivity contribution < 1.29 is 9.47 Å². The molecule has 3 fully saturated rings. The van der Waals surface area contributed by atoms with Crippen LogP contribution >= 0.6 is 0 Å². The van der Waals surface area contributed by atoms with Crippen molar-refractivity contribution in [3.63, 3.8) is 0 Å². The van der Waals surface area contributed by atoms with Gasteiger partial charge in [-0.3, -0.25) is 9.80 Å². The van der Waals surface area contributed by atoms with E-state index in [-0.39, 0.29) is 5.54 Å². The molecule has 2 heterocycles. The van der Waals surface area contributed by atoms with Crippen LogP contribution in [0.2, 0.25) is 0 Å². The summed E-state index contributed by atoms with van der Waals surface area (Å²) in [5.74, 6) is 0.939. The van der Waals surface area contributed by atoms with Crippen molar-refractivity contribution in [2.24, 2.45) is 5.92 Å². The van der Waals surface area contributed by atoms with Crippen molar-refractivity contribution in [1.29, 1.82) is 0 Å². The van der Waals surface area contributed by atoms with Gasteiger partial charge in [0.1, 0.15) is 0 Å². The zero-order chi connectivity index (χ0) is 19.8. The number of nitrogens with zero attached hydrogens (tertiary/aromatic N) is 2. The van der Waals surface area contributed by atoms with Gasteiger partial charge in [-0.05, 0) is 106 Å². The smallest absolute Gasteiger partial charge is 0.0759 e. The highest BCUT2D eigenvalue weighted by atomic mass is 16.5. The summed E-state index contributed by atoms with van der Waals surface area (Å²) in [7, 11) is 2.28. The normalized spacial score (nSPS) is 36.6. The Hall–Kier alpha value is -0.160. The largest absolute Gasteiger partial charge is 0.374 e. The Morgan fingerprint density at radius 1 is 1.04 bits per heavy atom. The summed E-state index contributed by atoms with van der Waals surface area (Å²) in [5.41, 5.74) is 0.199. The fraction of sp³-hybridized carbons (Fsp3) is 1.00. The predicted octanol–water partition coefficient (Wildman–Crippen LogP) is 4.32. The highest BCUT2D eigenvalue weighted by molar-refractivity contribution is 5.07. The van der Waals surface area contributed by atoms with Gasteiger partial charge in [0.2, 0.25) is 0 Å². The molecule has 4 nitrogen and oxygen atoms in total. The van der Waals surface area contributed by atoms with Crippen LogP contribution in [0.3, 0.4) is 0 Å². The monoisotopic (exact) mass is 380 g/mol. The Kier molecular flexibility index (Phi) is 6.93. The Bertz CT molecular complexity index is 483. The van der Waals surface area contributed by atoms with Crippen molar-refractivity contribution in [3.8, 4) is 0 Å². The number of ether oxygens (including phenoxy) is 2. The molecule has 6 atom stereocenters. The molecule has 0 aromatic heterocycles. The second-order valence-corrected chi connectivity index (χ2v) is 10.2. The summed E-state index contributed by atoms with van der Waals surface area (Å²) < 4.78 is 12.6. The SMILES string of the molecule is CC(C)O[C@@H](C)[C@@H]1C[C@@H]2C[C@@H]2N1CCC[C@H](OC(C)C)[C@@]1(C)CCCN1C. The minimum Gasteiger partial charge on any atom is -0.374 e. The first kappa shape index (κ1) is 21.5. The molecule has 0 aromatic rings. The third-order valence-corrected chi connectivity index (χ3v) is 7.37. The molecule has 0 spiro atoms. The lowest BCUT2D eigenvalue weighted by Crippen LogP contribution is -2.51. The van der Waals surface area contributed by atoms with Gasteiger partial charge in [0, 0.05) is 17.6 Å². The molecular formula is C23H44N2O2. The van der Waals surface area contributed by atoms with E-state index >= 15 is 0 Å². The lowest BCUT2D eigenvalue weighted by atomic mass is 9.88. The molecule has 0 radical (unpaired) electrons. The maximum atomic E-state index is 6.45. The van der Waals surface area contributed by atoms with E-state index in [9.17, 15) is 0 Å². The molecule has 0 amide bonds. The zero-order valence-corrected chi connectivity index (χ0v) is 18.9. The van der Waals surface area contributed by atoms with Crippen molar-refractivity contribution in [2.75, 3.05) is 20.1 Å². The molecule has 3 rings (SSSR count). The third kappa shape index (κ3) is 4.88. The molecule has 3 aliphatic rings. The average molecular weight is 381 g/mol. The van der Waals surface area contributed by atoms with Crippen LogP contribution in [0.5, 0.6) is 0 Å². The van der Waals surface area contributed by atoms with Crippen molar-refractivity contribution >= 4 is 0 Å². The number of piperidine rings is 1. The highest BCUT2D eigenvalue weighted by Gasteiger charge is 2.53. The second-order valence-electron chi connectivity index (χ2n) is 10.2. The van der Waals surface area contributed by atoms with E-state index in [1.54, 1.807) is 0 Å². The maximum absolute atomic E-state index is 6.45. The van der Waals surface area contributed by atoms with Crippen LogP contribution in [-0.2, 0) is 9.47 Å². The fourth-order valence-corrected chi connectivity index (χ4v) is 5.74. The van der Waals surface area contributed by atoms with Gasteiger partial charge in [0.15, 0.2) is 0 Å². The number of hydrogen-bond donors (Lipinski definition) is 0. The summed E-state index contributed by atoms with van der Waals surface area (Å²) in [4.78, 5) is 5.32. The molecule has 1 saturated carbocycles. The van der Waals surface area contributed by atoms with Crippen LogP contribution in [-0.4, -0.2) is 72.0 Å². The van der Waals surface area contributed by atoms with Crippen LogP contribution < -0.4 is 0 Å². The summed E-state index contributed by atoms with van der Waals surface area (Å²) >= 11 is 0. The lowest BCUT2D eigenvalue weighted by molar-refractivity contribution is -0.0763. The van der Waals surface area contributed by atoms with Crippen molar-refractivity contribution in [2.45, 2.75) is 122 Å². The van der Waals surface area contributed by atoms with E-state index in [2.05, 4.69) is 58.4 Å². The summed E-state index contributed by atoms with van der Waals surface area (Å²) in [5, 5.41) is 0. The van der Waals surface area contributed by atoms with Gasteiger partial charge in [-0.2, -0.15) is 0 Å². The topological polar surface area (TPSA) is 24.9 Å². The molecule has 2 saturated heterocycles. The van der Waals surface area contributed by atoms with Gasteiger partial charge in [-0.1, -0.05) is 0 Å². The van der Waals surface area contributed by atoms with Crippen LogP contribution in [0.25, 0.3) is 0 Å². The van der Waals surface area contributed by atoms with E-state index in [4.69, 9.17) is 9.47 Å². The molecule has 27 heavy (non-hydrogen) atoms. The van der Waals surface area contributed by atoms with Gasteiger partial charge >= 0.3 is 0 Å². The first-order valence-corrected chi connectivity index (χ1v) is 11.5. The minimum atomic E-state index is 0.199. The number of rotatable bonds is 10. The van der Waals surface area contributed by atoms with E-state index in [1.807, 2.05) is 0 Å². The molecule has 0 bridgehead atoms. The molecule has 4 heteroatoms. The summed E-state index contributed by atoms with van der Waals surface area (Å²) in [6, 6.07) is 1.45. The highest BCUT2D eigenvalue weighted by Crippen LogP contribution is 2.49. The Morgan fingerprint density at radius 2 is 1.74 bits per heavy atom. The molecule has 1 aliphatic carbocycles. The molecule has 0 N–H and O–H groups in total. The lowest BCUT2D eigenvalue weighted by Gasteiger charge is -2.41. The van der Waals surface area contributed by atoms with E-state index in [0.29, 0.717) is 30.5 Å². The quantitative estimate of drug-likeness (QED) is 0.563. The molecule has 0 aromatic carbocycles. The van der Waals surface area contributed by atoms with Gasteiger partial charge < -0.3 is 9.47 Å². The second kappa shape index (κ2) is 8.69. The first-order chi connectivity index (χ1) is 12.7. The van der Waals surface area contributed by atoms with E-state index < -0.39 is 0 Å². The maximum Gasteiger partial charge on any atom is 0.0759 e. The molecule has 0 unspecified atom stereocenters. The number of hydrogen-bond acceptors (Lipinski definition) is 4. The molecular weight excluding hydrogens is 336 g/mol. The number of fused-ring (bicyclic) bond motifs is 1. The van der Waals surface area contributed by atoms with Crippen molar-refractivity contribution in [3.05, 3.63) is 0 Å². The van der Waals surface area contributed by atoms with Crippen LogP contribution in [0.4, 0.5) is 0 Å². The molecule has 2 aliphatic heterocycles. The predicted molar refractivity (Wildman–Crippen MR) is 112 cm³/mol.